The number of nitrogens with one attached hydrogen (secondary N) is 1. The Bertz CT molecular complexity index is 734. The minimum Gasteiger partial charge on any atom is -0.478 e. The van der Waals surface area contributed by atoms with Gasteiger partial charge in [-0.3, -0.25) is 4.79 Å². The summed E-state index contributed by atoms with van der Waals surface area (Å²) in [5.74, 6) is -1.46. The highest BCUT2D eigenvalue weighted by Gasteiger charge is 2.12. The minimum atomic E-state index is -1.09. The molecule has 0 unspecified atom stereocenters. The minimum absolute atomic E-state index is 0.0484. The zero-order valence-corrected chi connectivity index (χ0v) is 13.5. The fraction of sp³-hybridized carbons (Fsp3) is 0. The molecular weight excluding hydrogens is 381 g/mol. The van der Waals surface area contributed by atoms with Gasteiger partial charge in [0.05, 0.1) is 21.3 Å². The van der Waals surface area contributed by atoms with E-state index in [1.54, 1.807) is 18.2 Å². The van der Waals surface area contributed by atoms with Gasteiger partial charge in [0, 0.05) is 10.0 Å². The van der Waals surface area contributed by atoms with Gasteiger partial charge in [-0.1, -0.05) is 23.2 Å². The summed E-state index contributed by atoms with van der Waals surface area (Å²) in [6, 6.07) is 8.82. The van der Waals surface area contributed by atoms with Crippen molar-refractivity contribution in [3.05, 3.63) is 62.0 Å². The Morgan fingerprint density at radius 3 is 2.24 bits per heavy atom. The molecule has 2 aromatic rings. The molecule has 2 rings (SSSR count). The van der Waals surface area contributed by atoms with E-state index in [9.17, 15) is 9.59 Å². The summed E-state index contributed by atoms with van der Waals surface area (Å²) in [6.45, 7) is 0. The number of benzene rings is 2. The SMILES string of the molecule is O=C(O)c1ccc(NC(=O)c2ccc(Cl)c(Br)c2)c(Cl)c1. The summed E-state index contributed by atoms with van der Waals surface area (Å²) in [4.78, 5) is 22.9. The van der Waals surface area contributed by atoms with Gasteiger partial charge >= 0.3 is 5.97 Å². The molecule has 4 nitrogen and oxygen atoms in total. The lowest BCUT2D eigenvalue weighted by Crippen LogP contribution is -2.12. The van der Waals surface area contributed by atoms with Crippen molar-refractivity contribution in [1.29, 1.82) is 0 Å². The van der Waals surface area contributed by atoms with E-state index in [4.69, 9.17) is 28.3 Å². The number of hydrogen-bond donors (Lipinski definition) is 2. The molecule has 0 bridgehead atoms. The molecule has 0 aliphatic carbocycles. The first-order valence-electron chi connectivity index (χ1n) is 5.67. The van der Waals surface area contributed by atoms with E-state index >= 15 is 0 Å². The van der Waals surface area contributed by atoms with Crippen LogP contribution in [0.2, 0.25) is 10.0 Å². The maximum absolute atomic E-state index is 12.1. The zero-order valence-electron chi connectivity index (χ0n) is 10.4. The highest BCUT2D eigenvalue weighted by molar-refractivity contribution is 9.10. The van der Waals surface area contributed by atoms with Crippen molar-refractivity contribution in [3.8, 4) is 0 Å². The lowest BCUT2D eigenvalue weighted by atomic mass is 10.2. The van der Waals surface area contributed by atoms with Gasteiger partial charge in [0.2, 0.25) is 0 Å². The highest BCUT2D eigenvalue weighted by atomic mass is 79.9. The number of aromatic carboxylic acids is 1. The molecule has 0 aromatic heterocycles. The third-order valence-electron chi connectivity index (χ3n) is 2.65. The first-order valence-corrected chi connectivity index (χ1v) is 7.22. The van der Waals surface area contributed by atoms with Crippen LogP contribution >= 0.6 is 39.1 Å². The van der Waals surface area contributed by atoms with E-state index in [1.807, 2.05) is 0 Å². The van der Waals surface area contributed by atoms with Crippen molar-refractivity contribution in [2.24, 2.45) is 0 Å². The highest BCUT2D eigenvalue weighted by Crippen LogP contribution is 2.26. The van der Waals surface area contributed by atoms with E-state index in [0.717, 1.165) is 0 Å². The third kappa shape index (κ3) is 3.75. The van der Waals surface area contributed by atoms with Gasteiger partial charge in [0.1, 0.15) is 0 Å². The van der Waals surface area contributed by atoms with E-state index in [0.29, 0.717) is 20.7 Å². The summed E-state index contributed by atoms with van der Waals surface area (Å²) in [5.41, 5.74) is 0.773. The number of amides is 1. The van der Waals surface area contributed by atoms with Crippen LogP contribution in [0.3, 0.4) is 0 Å². The molecule has 7 heteroatoms. The predicted octanol–water partition coefficient (Wildman–Crippen LogP) is 4.71. The largest absolute Gasteiger partial charge is 0.478 e. The average molecular weight is 389 g/mol. The maximum atomic E-state index is 12.1. The Kier molecular flexibility index (Phi) is 4.88. The summed E-state index contributed by atoms with van der Waals surface area (Å²) in [7, 11) is 0. The number of carbonyl (C=O) groups is 2. The lowest BCUT2D eigenvalue weighted by Gasteiger charge is -2.08. The normalized spacial score (nSPS) is 10.2. The summed E-state index contributed by atoms with van der Waals surface area (Å²) < 4.78 is 0.601. The van der Waals surface area contributed by atoms with Gasteiger partial charge in [0.15, 0.2) is 0 Å². The van der Waals surface area contributed by atoms with Gasteiger partial charge in [-0.25, -0.2) is 4.79 Å². The molecule has 0 radical (unpaired) electrons. The average Bonchev–Trinajstić information content (AvgIpc) is 2.43. The van der Waals surface area contributed by atoms with Crippen LogP contribution in [0.1, 0.15) is 20.7 Å². The molecule has 21 heavy (non-hydrogen) atoms. The van der Waals surface area contributed by atoms with Crippen LogP contribution in [0.25, 0.3) is 0 Å². The van der Waals surface area contributed by atoms with Crippen LogP contribution in [0.4, 0.5) is 5.69 Å². The Morgan fingerprint density at radius 2 is 1.67 bits per heavy atom. The van der Waals surface area contributed by atoms with Crippen molar-refractivity contribution in [3.63, 3.8) is 0 Å². The Hall–Kier alpha value is -1.56. The van der Waals surface area contributed by atoms with E-state index in [-0.39, 0.29) is 16.5 Å². The molecule has 108 valence electrons. The number of anilines is 1. The van der Waals surface area contributed by atoms with Crippen LogP contribution in [0.5, 0.6) is 0 Å². The van der Waals surface area contributed by atoms with Gasteiger partial charge in [0.25, 0.3) is 5.91 Å². The van der Waals surface area contributed by atoms with Crippen LogP contribution in [-0.2, 0) is 0 Å². The van der Waals surface area contributed by atoms with Gasteiger partial charge in [-0.05, 0) is 52.3 Å². The number of halogens is 3. The van der Waals surface area contributed by atoms with Crippen LogP contribution in [0, 0.1) is 0 Å². The van der Waals surface area contributed by atoms with Crippen molar-refractivity contribution in [2.75, 3.05) is 5.32 Å². The fourth-order valence-corrected chi connectivity index (χ4v) is 2.31. The van der Waals surface area contributed by atoms with Crippen LogP contribution in [0.15, 0.2) is 40.9 Å². The van der Waals surface area contributed by atoms with Gasteiger partial charge in [-0.2, -0.15) is 0 Å². The Morgan fingerprint density at radius 1 is 1.00 bits per heavy atom. The number of carbonyl (C=O) groups excluding carboxylic acids is 1. The summed E-state index contributed by atoms with van der Waals surface area (Å²) in [5, 5.41) is 12.1. The molecule has 0 aliphatic rings. The topological polar surface area (TPSA) is 66.4 Å². The number of rotatable bonds is 3. The Labute approximate surface area is 138 Å². The second kappa shape index (κ2) is 6.47. The molecule has 2 aromatic carbocycles. The molecule has 0 atom stereocenters. The monoisotopic (exact) mass is 387 g/mol. The molecule has 1 amide bonds. The van der Waals surface area contributed by atoms with E-state index in [2.05, 4.69) is 21.2 Å². The van der Waals surface area contributed by atoms with Gasteiger partial charge in [-0.15, -0.1) is 0 Å². The smallest absolute Gasteiger partial charge is 0.335 e. The summed E-state index contributed by atoms with van der Waals surface area (Å²) in [6.07, 6.45) is 0. The molecule has 0 saturated heterocycles. The van der Waals surface area contributed by atoms with Crippen molar-refractivity contribution in [1.82, 2.24) is 0 Å². The van der Waals surface area contributed by atoms with Crippen LogP contribution < -0.4 is 5.32 Å². The number of hydrogen-bond acceptors (Lipinski definition) is 2. The second-order valence-corrected chi connectivity index (χ2v) is 5.75. The van der Waals surface area contributed by atoms with Crippen molar-refractivity contribution >= 4 is 56.7 Å². The van der Waals surface area contributed by atoms with Gasteiger partial charge < -0.3 is 10.4 Å². The number of carboxylic acids is 1. The zero-order chi connectivity index (χ0) is 15.6. The van der Waals surface area contributed by atoms with E-state index < -0.39 is 5.97 Å². The second-order valence-electron chi connectivity index (χ2n) is 4.08. The molecule has 0 spiro atoms. The first kappa shape index (κ1) is 15.8. The van der Waals surface area contributed by atoms with Crippen LogP contribution in [-0.4, -0.2) is 17.0 Å². The molecule has 0 saturated carbocycles. The third-order valence-corrected chi connectivity index (χ3v) is 4.17. The maximum Gasteiger partial charge on any atom is 0.335 e. The lowest BCUT2D eigenvalue weighted by molar-refractivity contribution is 0.0696. The van der Waals surface area contributed by atoms with Crippen molar-refractivity contribution < 1.29 is 14.7 Å². The van der Waals surface area contributed by atoms with E-state index in [1.165, 1.54) is 18.2 Å². The van der Waals surface area contributed by atoms with Crippen molar-refractivity contribution in [2.45, 2.75) is 0 Å². The molecule has 0 aliphatic heterocycles. The fourth-order valence-electron chi connectivity index (χ4n) is 1.58. The molecular formula is C14H8BrCl2NO3. The summed E-state index contributed by atoms with van der Waals surface area (Å²) >= 11 is 15.1. The quantitative estimate of drug-likeness (QED) is 0.800. The molecule has 0 heterocycles. The Balaban J connectivity index is 2.23. The number of carboxylic acid groups (broad SMARTS) is 1. The predicted molar refractivity (Wildman–Crippen MR) is 85.5 cm³/mol. The molecule has 2 N–H and O–H groups in total. The first-order chi connectivity index (χ1) is 9.88. The molecule has 0 fully saturated rings. The standard InChI is InChI=1S/C14H8BrCl2NO3/c15-9-5-7(1-3-10(9)16)13(19)18-12-4-2-8(14(20)21)6-11(12)17/h1-6H,(H,18,19)(H,20,21).